The Morgan fingerprint density at radius 3 is 1.88 bits per heavy atom. The van der Waals surface area contributed by atoms with Gasteiger partial charge in [-0.15, -0.1) is 0 Å². The molecule has 0 saturated carbocycles. The Labute approximate surface area is 109 Å². The van der Waals surface area contributed by atoms with Crippen LogP contribution in [0.25, 0.3) is 0 Å². The predicted octanol–water partition coefficient (Wildman–Crippen LogP) is 3.25. The third-order valence-electron chi connectivity index (χ3n) is 2.84. The Morgan fingerprint density at radius 1 is 0.941 bits per heavy atom. The van der Waals surface area contributed by atoms with Gasteiger partial charge in [0.15, 0.2) is 14.2 Å². The van der Waals surface area contributed by atoms with Crippen LogP contribution in [0.1, 0.15) is 32.6 Å². The molecular weight excluding hydrogens is 226 g/mol. The average molecular weight is 257 g/mol. The summed E-state index contributed by atoms with van der Waals surface area (Å²) in [5.74, 6) is 1.11. The van der Waals surface area contributed by atoms with Crippen LogP contribution in [-0.2, 0) is 0 Å². The number of unbranched alkanes of at least 4 members (excludes halogenated alkanes) is 3. The molecular formula is C13H31N3Si. The second-order valence-corrected chi connectivity index (χ2v) is 10.2. The number of nitrogens with zero attached hydrogens (tertiary/aromatic N) is 3. The lowest BCUT2D eigenvalue weighted by molar-refractivity contribution is 0.485. The first kappa shape index (κ1) is 16.5. The van der Waals surface area contributed by atoms with Crippen molar-refractivity contribution in [3.8, 4) is 0 Å². The molecule has 0 fully saturated rings. The fraction of sp³-hybridized carbons (Fsp3) is 0.923. The number of hydrogen-bond donors (Lipinski definition) is 0. The molecule has 0 aliphatic heterocycles. The Bertz CT molecular complexity index is 225. The Balaban J connectivity index is 4.41. The van der Waals surface area contributed by atoms with Gasteiger partial charge in [-0.1, -0.05) is 32.6 Å². The van der Waals surface area contributed by atoms with Crippen LogP contribution in [0.3, 0.4) is 0 Å². The molecule has 0 aliphatic carbocycles. The molecule has 0 saturated heterocycles. The van der Waals surface area contributed by atoms with Crippen LogP contribution in [0, 0.1) is 0 Å². The molecule has 0 atom stereocenters. The third kappa shape index (κ3) is 7.42. The molecule has 102 valence electrons. The Morgan fingerprint density at radius 2 is 1.47 bits per heavy atom. The third-order valence-corrected chi connectivity index (χ3v) is 5.23. The first-order valence-corrected chi connectivity index (χ1v) is 9.90. The largest absolute Gasteiger partial charge is 0.350 e. The highest BCUT2D eigenvalue weighted by atomic mass is 28.3. The van der Waals surface area contributed by atoms with Crippen molar-refractivity contribution in [1.29, 1.82) is 0 Å². The first-order valence-electron chi connectivity index (χ1n) is 6.74. The van der Waals surface area contributed by atoms with E-state index in [1.165, 1.54) is 31.7 Å². The van der Waals surface area contributed by atoms with Gasteiger partial charge in [0.1, 0.15) is 0 Å². The normalized spacial score (nSPS) is 11.2. The molecule has 3 nitrogen and oxygen atoms in total. The fourth-order valence-corrected chi connectivity index (χ4v) is 4.08. The van der Waals surface area contributed by atoms with Crippen LogP contribution in [0.5, 0.6) is 0 Å². The monoisotopic (exact) mass is 257 g/mol. The quantitative estimate of drug-likeness (QED) is 0.315. The van der Waals surface area contributed by atoms with Gasteiger partial charge in [0.05, 0.1) is 0 Å². The van der Waals surface area contributed by atoms with Crippen LogP contribution in [0.15, 0.2) is 4.66 Å². The molecule has 0 bridgehead atoms. The molecule has 0 rings (SSSR count). The van der Waals surface area contributed by atoms with Gasteiger partial charge in [-0.2, -0.15) is 0 Å². The lowest BCUT2D eigenvalue weighted by Crippen LogP contribution is -2.39. The summed E-state index contributed by atoms with van der Waals surface area (Å²) in [7, 11) is 6.84. The average Bonchev–Trinajstić information content (AvgIpc) is 2.20. The second kappa shape index (κ2) is 7.74. The van der Waals surface area contributed by atoms with Crippen molar-refractivity contribution in [2.75, 3.05) is 28.2 Å². The summed E-state index contributed by atoms with van der Waals surface area (Å²) in [6.07, 6.45) is 5.38. The van der Waals surface area contributed by atoms with E-state index in [4.69, 9.17) is 4.66 Å². The molecule has 17 heavy (non-hydrogen) atoms. The number of hydrogen-bond acceptors (Lipinski definition) is 1. The lowest BCUT2D eigenvalue weighted by atomic mass is 10.2. The van der Waals surface area contributed by atoms with Crippen LogP contribution in [0.4, 0.5) is 0 Å². The first-order chi connectivity index (χ1) is 7.80. The van der Waals surface area contributed by atoms with Gasteiger partial charge in [0.2, 0.25) is 0 Å². The van der Waals surface area contributed by atoms with Crippen molar-refractivity contribution in [2.45, 2.75) is 51.7 Å². The zero-order chi connectivity index (χ0) is 13.5. The molecule has 0 aromatic heterocycles. The van der Waals surface area contributed by atoms with E-state index in [9.17, 15) is 0 Å². The predicted molar refractivity (Wildman–Crippen MR) is 81.2 cm³/mol. The SMILES string of the molecule is CCCCCC[Si](C)(C)N=C(N(C)C)N(C)C. The molecule has 0 aromatic rings. The van der Waals surface area contributed by atoms with Crippen molar-refractivity contribution in [2.24, 2.45) is 4.66 Å². The van der Waals surface area contributed by atoms with Crippen molar-refractivity contribution in [1.82, 2.24) is 9.80 Å². The summed E-state index contributed by atoms with van der Waals surface area (Å²) < 4.78 is 5.01. The zero-order valence-electron chi connectivity index (χ0n) is 12.9. The molecule has 4 heteroatoms. The van der Waals surface area contributed by atoms with Crippen molar-refractivity contribution in [3.63, 3.8) is 0 Å². The van der Waals surface area contributed by atoms with E-state index in [0.29, 0.717) is 0 Å². The molecule has 0 radical (unpaired) electrons. The van der Waals surface area contributed by atoms with Crippen molar-refractivity contribution >= 4 is 14.2 Å². The van der Waals surface area contributed by atoms with Crippen LogP contribution in [-0.4, -0.2) is 52.2 Å². The molecule has 0 heterocycles. The maximum Gasteiger partial charge on any atom is 0.186 e. The highest BCUT2D eigenvalue weighted by molar-refractivity contribution is 6.76. The van der Waals surface area contributed by atoms with Crippen molar-refractivity contribution in [3.05, 3.63) is 0 Å². The van der Waals surface area contributed by atoms with E-state index in [1.807, 2.05) is 0 Å². The Hall–Kier alpha value is -0.513. The van der Waals surface area contributed by atoms with Gasteiger partial charge in [0, 0.05) is 28.2 Å². The van der Waals surface area contributed by atoms with Gasteiger partial charge < -0.3 is 9.80 Å². The van der Waals surface area contributed by atoms with Crippen LogP contribution in [0.2, 0.25) is 19.1 Å². The second-order valence-electron chi connectivity index (χ2n) is 5.82. The summed E-state index contributed by atoms with van der Waals surface area (Å²) in [5, 5.41) is 0. The zero-order valence-corrected chi connectivity index (χ0v) is 13.9. The van der Waals surface area contributed by atoms with E-state index in [1.54, 1.807) is 0 Å². The topological polar surface area (TPSA) is 18.8 Å². The van der Waals surface area contributed by atoms with Crippen LogP contribution >= 0.6 is 0 Å². The van der Waals surface area contributed by atoms with E-state index >= 15 is 0 Å². The van der Waals surface area contributed by atoms with Gasteiger partial charge >= 0.3 is 0 Å². The van der Waals surface area contributed by atoms with Crippen LogP contribution < -0.4 is 0 Å². The molecule has 0 aliphatic rings. The molecule has 0 unspecified atom stereocenters. The summed E-state index contributed by atoms with van der Waals surface area (Å²) >= 11 is 0. The standard InChI is InChI=1S/C13H31N3Si/c1-8-9-10-11-12-17(6,7)14-13(15(2)3)16(4)5/h8-12H2,1-7H3. The summed E-state index contributed by atoms with van der Waals surface area (Å²) in [4.78, 5) is 4.22. The van der Waals surface area contributed by atoms with Gasteiger partial charge in [-0.25, -0.2) is 0 Å². The number of guanidine groups is 1. The van der Waals surface area contributed by atoms with E-state index in [2.05, 4.69) is 58.0 Å². The molecule has 0 amide bonds. The highest BCUT2D eigenvalue weighted by Gasteiger charge is 2.21. The minimum atomic E-state index is -1.44. The maximum absolute atomic E-state index is 5.01. The van der Waals surface area contributed by atoms with Gasteiger partial charge in [-0.3, -0.25) is 4.66 Å². The Kier molecular flexibility index (Phi) is 7.51. The summed E-state index contributed by atoms with van der Waals surface area (Å²) in [5.41, 5.74) is 0. The molecule has 0 spiro atoms. The summed E-state index contributed by atoms with van der Waals surface area (Å²) in [6, 6.07) is 1.30. The van der Waals surface area contributed by atoms with E-state index < -0.39 is 8.24 Å². The lowest BCUT2D eigenvalue weighted by Gasteiger charge is -2.27. The maximum atomic E-state index is 5.01. The fourth-order valence-electron chi connectivity index (χ4n) is 1.91. The minimum Gasteiger partial charge on any atom is -0.350 e. The van der Waals surface area contributed by atoms with E-state index in [0.717, 1.165) is 5.96 Å². The highest BCUT2D eigenvalue weighted by Crippen LogP contribution is 2.17. The smallest absolute Gasteiger partial charge is 0.186 e. The van der Waals surface area contributed by atoms with Crippen molar-refractivity contribution < 1.29 is 0 Å². The molecule has 0 N–H and O–H groups in total. The molecule has 0 aromatic carbocycles. The van der Waals surface area contributed by atoms with Gasteiger partial charge in [0.25, 0.3) is 0 Å². The van der Waals surface area contributed by atoms with Gasteiger partial charge in [-0.05, 0) is 19.1 Å². The minimum absolute atomic E-state index is 1.11. The van der Waals surface area contributed by atoms with E-state index in [-0.39, 0.29) is 0 Å². The summed E-state index contributed by atoms with van der Waals surface area (Å²) in [6.45, 7) is 6.99. The number of rotatable bonds is 6.